The molecule has 1 aliphatic heterocycles. The van der Waals surface area contributed by atoms with Crippen molar-refractivity contribution < 1.29 is 10.2 Å². The average Bonchev–Trinajstić information content (AvgIpc) is 2.86. The summed E-state index contributed by atoms with van der Waals surface area (Å²) in [6.45, 7) is 6.42. The number of aliphatic hydroxyl groups excluding tert-OH is 2. The first-order valence-corrected chi connectivity index (χ1v) is 8.21. The Kier molecular flexibility index (Phi) is 4.80. The van der Waals surface area contributed by atoms with Crippen molar-refractivity contribution in [1.29, 1.82) is 0 Å². The molecule has 0 radical (unpaired) electrons. The molecule has 1 aliphatic rings. The number of aromatic nitrogens is 2. The summed E-state index contributed by atoms with van der Waals surface area (Å²) in [5.41, 5.74) is 4.43. The Balaban J connectivity index is 1.80. The number of piperidine rings is 1. The van der Waals surface area contributed by atoms with E-state index in [9.17, 15) is 10.2 Å². The van der Waals surface area contributed by atoms with E-state index in [0.717, 1.165) is 36.6 Å². The second-order valence-electron chi connectivity index (χ2n) is 6.50. The van der Waals surface area contributed by atoms with Gasteiger partial charge in [-0.1, -0.05) is 18.2 Å². The molecule has 124 valence electrons. The minimum atomic E-state index is -0.449. The SMILES string of the molecule is Cc1cc(C)n(-c2ccccc2CN2CC[C@H](CO)[C@@H](O)C2)n1. The van der Waals surface area contributed by atoms with E-state index < -0.39 is 6.10 Å². The minimum absolute atomic E-state index is 0.0116. The summed E-state index contributed by atoms with van der Waals surface area (Å²) in [4.78, 5) is 2.25. The molecular weight excluding hydrogens is 290 g/mol. The lowest BCUT2D eigenvalue weighted by Crippen LogP contribution is -2.44. The Morgan fingerprint density at radius 3 is 2.70 bits per heavy atom. The van der Waals surface area contributed by atoms with Crippen LogP contribution >= 0.6 is 0 Å². The van der Waals surface area contributed by atoms with E-state index in [0.29, 0.717) is 6.54 Å². The van der Waals surface area contributed by atoms with Crippen molar-refractivity contribution in [2.45, 2.75) is 32.9 Å². The summed E-state index contributed by atoms with van der Waals surface area (Å²) in [5.74, 6) is 0.0116. The molecule has 3 rings (SSSR count). The second kappa shape index (κ2) is 6.83. The third-order valence-corrected chi connectivity index (χ3v) is 4.66. The first-order chi connectivity index (χ1) is 11.1. The second-order valence-corrected chi connectivity index (χ2v) is 6.50. The fraction of sp³-hybridized carbons (Fsp3) is 0.500. The third kappa shape index (κ3) is 3.47. The van der Waals surface area contributed by atoms with E-state index in [2.05, 4.69) is 35.1 Å². The van der Waals surface area contributed by atoms with Crippen molar-refractivity contribution in [3.63, 3.8) is 0 Å². The number of likely N-dealkylation sites (tertiary alicyclic amines) is 1. The third-order valence-electron chi connectivity index (χ3n) is 4.66. The summed E-state index contributed by atoms with van der Waals surface area (Å²) in [6.07, 6.45) is 0.384. The zero-order valence-corrected chi connectivity index (χ0v) is 13.8. The number of hydrogen-bond acceptors (Lipinski definition) is 4. The molecule has 1 aromatic heterocycles. The zero-order chi connectivity index (χ0) is 16.4. The number of aliphatic hydroxyl groups is 2. The predicted octanol–water partition coefficient (Wildman–Crippen LogP) is 1.66. The van der Waals surface area contributed by atoms with Gasteiger partial charge in [0.05, 0.1) is 17.5 Å². The smallest absolute Gasteiger partial charge is 0.0717 e. The first kappa shape index (κ1) is 16.2. The normalized spacial score (nSPS) is 22.4. The van der Waals surface area contributed by atoms with Gasteiger partial charge in [0.1, 0.15) is 0 Å². The molecule has 2 aromatic rings. The van der Waals surface area contributed by atoms with Crippen LogP contribution < -0.4 is 0 Å². The zero-order valence-electron chi connectivity index (χ0n) is 13.8. The van der Waals surface area contributed by atoms with E-state index in [1.807, 2.05) is 23.7 Å². The van der Waals surface area contributed by atoms with Crippen LogP contribution in [-0.4, -0.2) is 50.7 Å². The molecule has 1 saturated heterocycles. The van der Waals surface area contributed by atoms with Crippen LogP contribution in [0.15, 0.2) is 30.3 Å². The Morgan fingerprint density at radius 2 is 2.04 bits per heavy atom. The molecule has 0 aliphatic carbocycles. The van der Waals surface area contributed by atoms with Gasteiger partial charge in [0, 0.05) is 31.3 Å². The van der Waals surface area contributed by atoms with E-state index >= 15 is 0 Å². The summed E-state index contributed by atoms with van der Waals surface area (Å²) in [5, 5.41) is 24.0. The lowest BCUT2D eigenvalue weighted by molar-refractivity contribution is -0.00445. The van der Waals surface area contributed by atoms with Crippen molar-refractivity contribution in [3.05, 3.63) is 47.3 Å². The molecule has 1 fully saturated rings. The maximum atomic E-state index is 10.1. The highest BCUT2D eigenvalue weighted by Crippen LogP contribution is 2.22. The number of rotatable bonds is 4. The van der Waals surface area contributed by atoms with Crippen LogP contribution in [0.2, 0.25) is 0 Å². The standard InChI is InChI=1S/C18H25N3O2/c1-13-9-14(2)21(19-13)17-6-4-3-5-15(17)10-20-8-7-16(12-22)18(23)11-20/h3-6,9,16,18,22-23H,7-8,10-12H2,1-2H3/t16-,18+/m1/s1. The maximum Gasteiger partial charge on any atom is 0.0717 e. The van der Waals surface area contributed by atoms with E-state index in [1.165, 1.54) is 5.56 Å². The van der Waals surface area contributed by atoms with E-state index in [1.54, 1.807) is 0 Å². The highest BCUT2D eigenvalue weighted by Gasteiger charge is 2.27. The number of nitrogens with zero attached hydrogens (tertiary/aromatic N) is 3. The van der Waals surface area contributed by atoms with Crippen LogP contribution in [0, 0.1) is 19.8 Å². The van der Waals surface area contributed by atoms with Crippen molar-refractivity contribution in [2.75, 3.05) is 19.7 Å². The van der Waals surface area contributed by atoms with Crippen molar-refractivity contribution in [3.8, 4) is 5.69 Å². The van der Waals surface area contributed by atoms with Gasteiger partial charge in [-0.15, -0.1) is 0 Å². The maximum absolute atomic E-state index is 10.1. The Labute approximate surface area is 137 Å². The van der Waals surface area contributed by atoms with Crippen molar-refractivity contribution >= 4 is 0 Å². The van der Waals surface area contributed by atoms with Gasteiger partial charge in [-0.2, -0.15) is 5.10 Å². The van der Waals surface area contributed by atoms with Gasteiger partial charge < -0.3 is 10.2 Å². The molecule has 5 heteroatoms. The molecule has 0 saturated carbocycles. The topological polar surface area (TPSA) is 61.5 Å². The van der Waals surface area contributed by atoms with Gasteiger partial charge in [-0.25, -0.2) is 4.68 Å². The van der Waals surface area contributed by atoms with Gasteiger partial charge in [0.15, 0.2) is 0 Å². The molecule has 2 heterocycles. The van der Waals surface area contributed by atoms with Crippen LogP contribution in [0.3, 0.4) is 0 Å². The van der Waals surface area contributed by atoms with Crippen LogP contribution in [0.25, 0.3) is 5.69 Å². The van der Waals surface area contributed by atoms with Gasteiger partial charge in [-0.3, -0.25) is 4.90 Å². The summed E-state index contributed by atoms with van der Waals surface area (Å²) < 4.78 is 1.99. The molecule has 1 aromatic carbocycles. The number of hydrogen-bond donors (Lipinski definition) is 2. The van der Waals surface area contributed by atoms with E-state index in [4.69, 9.17) is 0 Å². The average molecular weight is 315 g/mol. The van der Waals surface area contributed by atoms with Gasteiger partial charge in [0.2, 0.25) is 0 Å². The van der Waals surface area contributed by atoms with E-state index in [-0.39, 0.29) is 12.5 Å². The molecule has 0 unspecified atom stereocenters. The van der Waals surface area contributed by atoms with Crippen LogP contribution in [0.4, 0.5) is 0 Å². The Bertz CT molecular complexity index is 668. The monoisotopic (exact) mass is 315 g/mol. The molecule has 5 nitrogen and oxygen atoms in total. The van der Waals surface area contributed by atoms with Gasteiger partial charge in [-0.05, 0) is 44.5 Å². The molecule has 0 amide bonds. The van der Waals surface area contributed by atoms with Crippen molar-refractivity contribution in [1.82, 2.24) is 14.7 Å². The molecule has 0 bridgehead atoms. The number of para-hydroxylation sites is 1. The lowest BCUT2D eigenvalue weighted by atomic mass is 9.94. The van der Waals surface area contributed by atoms with Crippen LogP contribution in [-0.2, 0) is 6.54 Å². The fourth-order valence-corrected chi connectivity index (χ4v) is 3.37. The Morgan fingerprint density at radius 1 is 1.26 bits per heavy atom. The number of benzene rings is 1. The quantitative estimate of drug-likeness (QED) is 0.901. The summed E-state index contributed by atoms with van der Waals surface area (Å²) in [6, 6.07) is 10.4. The summed E-state index contributed by atoms with van der Waals surface area (Å²) in [7, 11) is 0. The summed E-state index contributed by atoms with van der Waals surface area (Å²) >= 11 is 0. The molecule has 2 N–H and O–H groups in total. The minimum Gasteiger partial charge on any atom is -0.396 e. The molecule has 23 heavy (non-hydrogen) atoms. The predicted molar refractivity (Wildman–Crippen MR) is 89.5 cm³/mol. The largest absolute Gasteiger partial charge is 0.396 e. The molecule has 2 atom stereocenters. The molecular formula is C18H25N3O2. The number of β-amino-alcohol motifs (C(OH)–C–C–N with tert-alkyl or cyclic N) is 1. The van der Waals surface area contributed by atoms with Crippen LogP contribution in [0.1, 0.15) is 23.4 Å². The first-order valence-electron chi connectivity index (χ1n) is 8.21. The Hall–Kier alpha value is -1.69. The lowest BCUT2D eigenvalue weighted by Gasteiger charge is -2.35. The van der Waals surface area contributed by atoms with Crippen molar-refractivity contribution in [2.24, 2.45) is 5.92 Å². The van der Waals surface area contributed by atoms with Gasteiger partial charge in [0.25, 0.3) is 0 Å². The molecule has 0 spiro atoms. The fourth-order valence-electron chi connectivity index (χ4n) is 3.37. The number of aryl methyl sites for hydroxylation is 2. The highest BCUT2D eigenvalue weighted by atomic mass is 16.3. The van der Waals surface area contributed by atoms with Gasteiger partial charge >= 0.3 is 0 Å². The highest BCUT2D eigenvalue weighted by molar-refractivity contribution is 5.42. The van der Waals surface area contributed by atoms with Crippen LogP contribution in [0.5, 0.6) is 0 Å².